The minimum Gasteiger partial charge on any atom is -0.462 e. The third-order valence-corrected chi connectivity index (χ3v) is 7.29. The molecule has 1 N–H and O–H groups in total. The van der Waals surface area contributed by atoms with Gasteiger partial charge >= 0.3 is 5.97 Å². The van der Waals surface area contributed by atoms with Gasteiger partial charge in [0.05, 0.1) is 11.4 Å². The first kappa shape index (κ1) is 26.2. The standard InChI is InChI=1S/C29H33N3O2S/c1-4-6-9-14-23(3)29(24-15-10-7-11-16-24,25-17-12-8-13-18-25)35-20-19-31-27-26(21-30-22-32-27)28(33)34-5-2/h4,7-8,10-18,21-22H,1,5-6,9,19-20H2,2-3H3,(H,30,31,32)/b23-14+. The number of nitrogens with zero attached hydrogens (tertiary/aromatic N) is 2. The highest BCUT2D eigenvalue weighted by Gasteiger charge is 2.36. The first-order chi connectivity index (χ1) is 17.1. The molecule has 0 aliphatic rings. The van der Waals surface area contributed by atoms with Gasteiger partial charge in [0.25, 0.3) is 0 Å². The number of ether oxygens (including phenoxy) is 1. The molecule has 0 aliphatic heterocycles. The molecule has 0 saturated carbocycles. The average Bonchev–Trinajstić information content (AvgIpc) is 2.90. The number of anilines is 1. The zero-order valence-corrected chi connectivity index (χ0v) is 21.3. The highest BCUT2D eigenvalue weighted by Crippen LogP contribution is 2.48. The van der Waals surface area contributed by atoms with Crippen LogP contribution >= 0.6 is 11.8 Å². The van der Waals surface area contributed by atoms with Crippen LogP contribution in [0.4, 0.5) is 5.82 Å². The Balaban J connectivity index is 1.89. The summed E-state index contributed by atoms with van der Waals surface area (Å²) in [7, 11) is 0. The van der Waals surface area contributed by atoms with E-state index < -0.39 is 5.97 Å². The molecule has 0 aliphatic carbocycles. The van der Waals surface area contributed by atoms with E-state index in [9.17, 15) is 4.79 Å². The van der Waals surface area contributed by atoms with E-state index in [-0.39, 0.29) is 4.75 Å². The van der Waals surface area contributed by atoms with Crippen LogP contribution in [-0.2, 0) is 9.48 Å². The molecule has 1 heterocycles. The fourth-order valence-corrected chi connectivity index (χ4v) is 5.44. The first-order valence-electron chi connectivity index (χ1n) is 11.9. The maximum atomic E-state index is 12.3. The minimum absolute atomic E-state index is 0.303. The van der Waals surface area contributed by atoms with Gasteiger partial charge in [-0.15, -0.1) is 18.3 Å². The Kier molecular flexibility index (Phi) is 10.1. The Morgan fingerprint density at radius 2 is 1.74 bits per heavy atom. The topological polar surface area (TPSA) is 64.1 Å². The molecular formula is C29H33N3O2S. The molecule has 0 amide bonds. The van der Waals surface area contributed by atoms with E-state index in [1.807, 2.05) is 30.0 Å². The second-order valence-electron chi connectivity index (χ2n) is 7.95. The highest BCUT2D eigenvalue weighted by molar-refractivity contribution is 8.00. The van der Waals surface area contributed by atoms with Crippen molar-refractivity contribution < 1.29 is 9.53 Å². The monoisotopic (exact) mass is 487 g/mol. The molecule has 0 saturated heterocycles. The molecule has 6 heteroatoms. The first-order valence-corrected chi connectivity index (χ1v) is 12.9. The second-order valence-corrected chi connectivity index (χ2v) is 9.26. The summed E-state index contributed by atoms with van der Waals surface area (Å²) in [5.74, 6) is 0.845. The van der Waals surface area contributed by atoms with E-state index in [1.54, 1.807) is 6.92 Å². The number of allylic oxidation sites excluding steroid dienone is 2. The Hall–Kier alpha value is -3.38. The van der Waals surface area contributed by atoms with Crippen LogP contribution < -0.4 is 5.32 Å². The smallest absolute Gasteiger partial charge is 0.343 e. The number of aromatic nitrogens is 2. The fraction of sp³-hybridized carbons (Fsp3) is 0.276. The maximum Gasteiger partial charge on any atom is 0.343 e. The number of carbonyl (C=O) groups is 1. The molecule has 35 heavy (non-hydrogen) atoms. The molecule has 3 rings (SSSR count). The Morgan fingerprint density at radius 1 is 1.09 bits per heavy atom. The molecule has 0 spiro atoms. The normalized spacial score (nSPS) is 11.7. The predicted molar refractivity (Wildman–Crippen MR) is 146 cm³/mol. The van der Waals surface area contributed by atoms with Gasteiger partial charge in [0.15, 0.2) is 0 Å². The lowest BCUT2D eigenvalue weighted by atomic mass is 9.84. The van der Waals surface area contributed by atoms with Crippen LogP contribution in [0.5, 0.6) is 0 Å². The van der Waals surface area contributed by atoms with Crippen molar-refractivity contribution in [2.75, 3.05) is 24.2 Å². The van der Waals surface area contributed by atoms with Crippen molar-refractivity contribution in [1.29, 1.82) is 0 Å². The van der Waals surface area contributed by atoms with Gasteiger partial charge in [-0.3, -0.25) is 0 Å². The predicted octanol–water partition coefficient (Wildman–Crippen LogP) is 6.65. The summed E-state index contributed by atoms with van der Waals surface area (Å²) in [6.07, 6.45) is 9.09. The minimum atomic E-state index is -0.424. The SMILES string of the molecule is C=CCC/C=C(\C)C(SCCNc1ncncc1C(=O)OCC)(c1ccccc1)c1ccccc1. The molecule has 0 unspecified atom stereocenters. The van der Waals surface area contributed by atoms with E-state index in [0.717, 1.165) is 18.6 Å². The van der Waals surface area contributed by atoms with Gasteiger partial charge in [-0.1, -0.05) is 78.4 Å². The van der Waals surface area contributed by atoms with Crippen molar-refractivity contribution in [3.05, 3.63) is 114 Å². The van der Waals surface area contributed by atoms with E-state index >= 15 is 0 Å². The average molecular weight is 488 g/mol. The molecule has 3 aromatic rings. The molecule has 182 valence electrons. The van der Waals surface area contributed by atoms with Crippen molar-refractivity contribution in [2.24, 2.45) is 0 Å². The summed E-state index contributed by atoms with van der Waals surface area (Å²) in [6.45, 7) is 8.79. The number of unbranched alkanes of at least 4 members (excludes halogenated alkanes) is 1. The molecule has 5 nitrogen and oxygen atoms in total. The van der Waals surface area contributed by atoms with Gasteiger partial charge in [0, 0.05) is 18.5 Å². The quantitative estimate of drug-likeness (QED) is 0.165. The largest absolute Gasteiger partial charge is 0.462 e. The van der Waals surface area contributed by atoms with Crippen molar-refractivity contribution in [3.63, 3.8) is 0 Å². The zero-order valence-electron chi connectivity index (χ0n) is 20.4. The van der Waals surface area contributed by atoms with E-state index in [0.29, 0.717) is 24.5 Å². The summed E-state index contributed by atoms with van der Waals surface area (Å²) in [6, 6.07) is 21.3. The summed E-state index contributed by atoms with van der Waals surface area (Å²) in [5, 5.41) is 3.31. The fourth-order valence-electron chi connectivity index (χ4n) is 4.01. The lowest BCUT2D eigenvalue weighted by Gasteiger charge is -2.36. The van der Waals surface area contributed by atoms with E-state index in [4.69, 9.17) is 4.74 Å². The van der Waals surface area contributed by atoms with Gasteiger partial charge < -0.3 is 10.1 Å². The Morgan fingerprint density at radius 3 is 2.34 bits per heavy atom. The van der Waals surface area contributed by atoms with Crippen LogP contribution in [0.25, 0.3) is 0 Å². The van der Waals surface area contributed by atoms with Gasteiger partial charge in [0.2, 0.25) is 0 Å². The molecule has 0 bridgehead atoms. The summed E-state index contributed by atoms with van der Waals surface area (Å²) < 4.78 is 4.80. The number of benzene rings is 2. The summed E-state index contributed by atoms with van der Waals surface area (Å²) >= 11 is 1.87. The van der Waals surface area contributed by atoms with Gasteiger partial charge in [0.1, 0.15) is 17.7 Å². The number of rotatable bonds is 13. The number of carbonyl (C=O) groups excluding carboxylic acids is 1. The lowest BCUT2D eigenvalue weighted by molar-refractivity contribution is 0.0526. The van der Waals surface area contributed by atoms with Crippen molar-refractivity contribution in [3.8, 4) is 0 Å². The summed E-state index contributed by atoms with van der Waals surface area (Å²) in [4.78, 5) is 20.5. The zero-order chi connectivity index (χ0) is 24.9. The number of thioether (sulfide) groups is 1. The maximum absolute atomic E-state index is 12.3. The third kappa shape index (κ3) is 6.61. The molecule has 2 aromatic carbocycles. The van der Waals surface area contributed by atoms with Gasteiger partial charge in [-0.05, 0) is 37.8 Å². The summed E-state index contributed by atoms with van der Waals surface area (Å²) in [5.41, 5.74) is 4.10. The highest BCUT2D eigenvalue weighted by atomic mass is 32.2. The second kappa shape index (κ2) is 13.5. The van der Waals surface area contributed by atoms with Crippen molar-refractivity contribution in [2.45, 2.75) is 31.4 Å². The molecule has 0 radical (unpaired) electrons. The van der Waals surface area contributed by atoms with E-state index in [2.05, 4.69) is 83.4 Å². The molecule has 0 atom stereocenters. The van der Waals surface area contributed by atoms with Crippen LogP contribution in [0.15, 0.2) is 97.5 Å². The van der Waals surface area contributed by atoms with E-state index in [1.165, 1.54) is 29.2 Å². The van der Waals surface area contributed by atoms with Gasteiger partial charge in [-0.2, -0.15) is 0 Å². The third-order valence-electron chi connectivity index (χ3n) is 5.66. The Labute approximate surface area is 212 Å². The van der Waals surface area contributed by atoms with Gasteiger partial charge in [-0.25, -0.2) is 14.8 Å². The number of hydrogen-bond donors (Lipinski definition) is 1. The van der Waals surface area contributed by atoms with Crippen LogP contribution in [0, 0.1) is 0 Å². The van der Waals surface area contributed by atoms with Crippen molar-refractivity contribution >= 4 is 23.5 Å². The van der Waals surface area contributed by atoms with Crippen LogP contribution in [-0.4, -0.2) is 34.8 Å². The Bertz CT molecular complexity index is 1080. The van der Waals surface area contributed by atoms with Crippen molar-refractivity contribution in [1.82, 2.24) is 9.97 Å². The number of nitrogens with one attached hydrogen (secondary N) is 1. The number of esters is 1. The number of hydrogen-bond acceptors (Lipinski definition) is 6. The molecule has 1 aromatic heterocycles. The van der Waals surface area contributed by atoms with Crippen LogP contribution in [0.1, 0.15) is 48.2 Å². The molecular weight excluding hydrogens is 454 g/mol. The lowest BCUT2D eigenvalue weighted by Crippen LogP contribution is -2.27. The van der Waals surface area contributed by atoms with Crippen LogP contribution in [0.2, 0.25) is 0 Å². The molecule has 0 fully saturated rings. The van der Waals surface area contributed by atoms with Crippen LogP contribution in [0.3, 0.4) is 0 Å².